The number of carbonyl (C=O) groups excluding carboxylic acids is 2. The SMILES string of the molecule is C=C(C)C(=O)OC1(C)c2ccc(COC(C)=O)cc2-c2cccc3cccc1c23. The molecule has 1 aliphatic rings. The molecular formula is C25H22O4. The lowest BCUT2D eigenvalue weighted by molar-refractivity contribution is -0.150. The molecule has 146 valence electrons. The van der Waals surface area contributed by atoms with Gasteiger partial charge in [0.2, 0.25) is 0 Å². The maximum Gasteiger partial charge on any atom is 0.334 e. The number of hydrogen-bond donors (Lipinski definition) is 0. The molecule has 0 N–H and O–H groups in total. The molecule has 0 aliphatic heterocycles. The third-order valence-electron chi connectivity index (χ3n) is 5.39. The first-order chi connectivity index (χ1) is 13.8. The molecule has 1 aliphatic carbocycles. The minimum atomic E-state index is -0.959. The number of benzene rings is 3. The first-order valence-electron chi connectivity index (χ1n) is 9.49. The van der Waals surface area contributed by atoms with Gasteiger partial charge in [-0.25, -0.2) is 4.79 Å². The number of esters is 2. The fraction of sp³-hybridized carbons (Fsp3) is 0.200. The van der Waals surface area contributed by atoms with Gasteiger partial charge in [0, 0.05) is 23.6 Å². The van der Waals surface area contributed by atoms with Crippen molar-refractivity contribution in [3.8, 4) is 11.1 Å². The van der Waals surface area contributed by atoms with Crippen LogP contribution in [0.2, 0.25) is 0 Å². The van der Waals surface area contributed by atoms with Gasteiger partial charge in [-0.15, -0.1) is 0 Å². The van der Waals surface area contributed by atoms with E-state index in [1.165, 1.54) is 6.92 Å². The second-order valence-corrected chi connectivity index (χ2v) is 7.57. The summed E-state index contributed by atoms with van der Waals surface area (Å²) in [6.07, 6.45) is 0. The van der Waals surface area contributed by atoms with Gasteiger partial charge < -0.3 is 9.47 Å². The fourth-order valence-electron chi connectivity index (χ4n) is 4.00. The van der Waals surface area contributed by atoms with E-state index < -0.39 is 11.6 Å². The normalized spacial score (nSPS) is 16.8. The minimum Gasteiger partial charge on any atom is -0.461 e. The van der Waals surface area contributed by atoms with E-state index in [9.17, 15) is 9.59 Å². The van der Waals surface area contributed by atoms with Gasteiger partial charge in [0.15, 0.2) is 5.60 Å². The van der Waals surface area contributed by atoms with Crippen LogP contribution in [0.3, 0.4) is 0 Å². The van der Waals surface area contributed by atoms with Gasteiger partial charge in [-0.2, -0.15) is 0 Å². The Morgan fingerprint density at radius 3 is 2.38 bits per heavy atom. The van der Waals surface area contributed by atoms with Crippen LogP contribution in [0.15, 0.2) is 66.7 Å². The minimum absolute atomic E-state index is 0.197. The Hall–Kier alpha value is -3.40. The number of ether oxygens (including phenoxy) is 2. The lowest BCUT2D eigenvalue weighted by Gasteiger charge is -2.37. The molecule has 3 aromatic rings. The summed E-state index contributed by atoms with van der Waals surface area (Å²) in [6, 6.07) is 18.1. The second kappa shape index (κ2) is 6.89. The van der Waals surface area contributed by atoms with Crippen molar-refractivity contribution in [2.24, 2.45) is 0 Å². The molecule has 0 saturated carbocycles. The lowest BCUT2D eigenvalue weighted by atomic mass is 9.74. The summed E-state index contributed by atoms with van der Waals surface area (Å²) < 4.78 is 11.2. The average Bonchev–Trinajstić information content (AvgIpc) is 2.70. The van der Waals surface area contributed by atoms with Crippen molar-refractivity contribution < 1.29 is 19.1 Å². The smallest absolute Gasteiger partial charge is 0.334 e. The summed E-state index contributed by atoms with van der Waals surface area (Å²) in [5.41, 5.74) is 4.15. The maximum absolute atomic E-state index is 12.5. The Morgan fingerprint density at radius 2 is 1.69 bits per heavy atom. The van der Waals surface area contributed by atoms with E-state index in [2.05, 4.69) is 24.8 Å². The van der Waals surface area contributed by atoms with Crippen LogP contribution in [0.4, 0.5) is 0 Å². The van der Waals surface area contributed by atoms with Crippen LogP contribution < -0.4 is 0 Å². The third kappa shape index (κ3) is 3.11. The van der Waals surface area contributed by atoms with Crippen LogP contribution >= 0.6 is 0 Å². The van der Waals surface area contributed by atoms with Crippen LogP contribution in [0.5, 0.6) is 0 Å². The molecule has 0 bridgehead atoms. The first kappa shape index (κ1) is 18.9. The van der Waals surface area contributed by atoms with Gasteiger partial charge in [0.25, 0.3) is 0 Å². The van der Waals surface area contributed by atoms with Crippen LogP contribution in [0, 0.1) is 0 Å². The standard InChI is InChI=1S/C25H22O4/c1-15(2)24(27)29-25(4)21-12-11-17(14-28-16(3)26)13-20(21)19-9-5-7-18-8-6-10-22(25)23(18)19/h5-13H,1,14H2,2-4H3. The van der Waals surface area contributed by atoms with Crippen molar-refractivity contribution in [2.45, 2.75) is 33.0 Å². The molecule has 1 atom stereocenters. The topological polar surface area (TPSA) is 52.6 Å². The summed E-state index contributed by atoms with van der Waals surface area (Å²) in [6.45, 7) is 8.89. The number of carbonyl (C=O) groups is 2. The zero-order valence-corrected chi connectivity index (χ0v) is 16.7. The summed E-state index contributed by atoms with van der Waals surface area (Å²) in [5.74, 6) is -0.755. The van der Waals surface area contributed by atoms with Crippen molar-refractivity contribution >= 4 is 22.7 Å². The summed E-state index contributed by atoms with van der Waals surface area (Å²) in [7, 11) is 0. The zero-order chi connectivity index (χ0) is 20.8. The molecule has 4 nitrogen and oxygen atoms in total. The van der Waals surface area contributed by atoms with Gasteiger partial charge in [-0.3, -0.25) is 4.79 Å². The molecule has 0 aromatic heterocycles. The van der Waals surface area contributed by atoms with Crippen molar-refractivity contribution in [1.29, 1.82) is 0 Å². The van der Waals surface area contributed by atoms with Crippen molar-refractivity contribution in [3.05, 3.63) is 83.4 Å². The summed E-state index contributed by atoms with van der Waals surface area (Å²) >= 11 is 0. The number of hydrogen-bond acceptors (Lipinski definition) is 4. The van der Waals surface area contributed by atoms with Gasteiger partial charge in [-0.05, 0) is 47.4 Å². The summed E-state index contributed by atoms with van der Waals surface area (Å²) in [4.78, 5) is 23.7. The predicted molar refractivity (Wildman–Crippen MR) is 112 cm³/mol. The van der Waals surface area contributed by atoms with Crippen molar-refractivity contribution in [1.82, 2.24) is 0 Å². The van der Waals surface area contributed by atoms with Gasteiger partial charge in [0.1, 0.15) is 6.61 Å². The summed E-state index contributed by atoms with van der Waals surface area (Å²) in [5, 5.41) is 2.14. The van der Waals surface area contributed by atoms with Gasteiger partial charge in [0.05, 0.1) is 0 Å². The Morgan fingerprint density at radius 1 is 0.966 bits per heavy atom. The number of fused-ring (bicyclic) bond motifs is 2. The highest BCUT2D eigenvalue weighted by atomic mass is 16.6. The van der Waals surface area contributed by atoms with E-state index >= 15 is 0 Å². The molecule has 0 spiro atoms. The molecule has 4 heteroatoms. The van der Waals surface area contributed by atoms with E-state index in [0.29, 0.717) is 5.57 Å². The lowest BCUT2D eigenvalue weighted by Crippen LogP contribution is -2.33. The van der Waals surface area contributed by atoms with E-state index in [0.717, 1.165) is 38.6 Å². The van der Waals surface area contributed by atoms with Crippen LogP contribution in [0.1, 0.15) is 37.5 Å². The van der Waals surface area contributed by atoms with E-state index in [1.807, 2.05) is 43.3 Å². The monoisotopic (exact) mass is 386 g/mol. The van der Waals surface area contributed by atoms with Crippen LogP contribution in [-0.4, -0.2) is 11.9 Å². The molecule has 1 unspecified atom stereocenters. The molecule has 29 heavy (non-hydrogen) atoms. The zero-order valence-electron chi connectivity index (χ0n) is 16.7. The van der Waals surface area contributed by atoms with E-state index in [4.69, 9.17) is 9.47 Å². The van der Waals surface area contributed by atoms with Crippen molar-refractivity contribution in [2.75, 3.05) is 0 Å². The van der Waals surface area contributed by atoms with Crippen molar-refractivity contribution in [3.63, 3.8) is 0 Å². The largest absolute Gasteiger partial charge is 0.461 e. The molecule has 0 saturated heterocycles. The molecule has 0 amide bonds. The van der Waals surface area contributed by atoms with Gasteiger partial charge >= 0.3 is 11.9 Å². The average molecular weight is 386 g/mol. The molecular weight excluding hydrogens is 364 g/mol. The molecule has 3 aromatic carbocycles. The second-order valence-electron chi connectivity index (χ2n) is 7.57. The molecule has 4 rings (SSSR count). The molecule has 0 heterocycles. The highest BCUT2D eigenvalue weighted by molar-refractivity contribution is 6.03. The number of rotatable bonds is 4. The predicted octanol–water partition coefficient (Wildman–Crippen LogP) is 5.27. The maximum atomic E-state index is 12.5. The van der Waals surface area contributed by atoms with Crippen LogP contribution in [-0.2, 0) is 31.3 Å². The molecule has 0 fully saturated rings. The van der Waals surface area contributed by atoms with Gasteiger partial charge in [-0.1, -0.05) is 55.1 Å². The van der Waals surface area contributed by atoms with E-state index in [1.54, 1.807) is 6.92 Å². The third-order valence-corrected chi connectivity index (χ3v) is 5.39. The quantitative estimate of drug-likeness (QED) is 0.453. The highest BCUT2D eigenvalue weighted by Gasteiger charge is 2.40. The van der Waals surface area contributed by atoms with Crippen LogP contribution in [0.25, 0.3) is 21.9 Å². The fourth-order valence-corrected chi connectivity index (χ4v) is 4.00. The molecule has 0 radical (unpaired) electrons. The Kier molecular flexibility index (Phi) is 4.50. The van der Waals surface area contributed by atoms with E-state index in [-0.39, 0.29) is 12.6 Å². The Labute approximate surface area is 169 Å². The Bertz CT molecular complexity index is 1170. The highest BCUT2D eigenvalue weighted by Crippen LogP contribution is 2.49. The Balaban J connectivity index is 1.98. The first-order valence-corrected chi connectivity index (χ1v) is 9.49.